The minimum atomic E-state index is 0.857. The van der Waals surface area contributed by atoms with Gasteiger partial charge in [-0.15, -0.1) is 0 Å². The van der Waals surface area contributed by atoms with Crippen molar-refractivity contribution in [3.63, 3.8) is 0 Å². The summed E-state index contributed by atoms with van der Waals surface area (Å²) in [5.41, 5.74) is 6.50. The largest absolute Gasteiger partial charge is 0.399 e. The van der Waals surface area contributed by atoms with Gasteiger partial charge < -0.3 is 5.73 Å². The fraction of sp³-hybridized carbons (Fsp3) is 0.200. The van der Waals surface area contributed by atoms with E-state index in [0.717, 1.165) is 18.5 Å². The van der Waals surface area contributed by atoms with Crippen LogP contribution in [0.1, 0.15) is 12.8 Å². The Morgan fingerprint density at radius 1 is 1.00 bits per heavy atom. The van der Waals surface area contributed by atoms with E-state index >= 15 is 0 Å². The second kappa shape index (κ2) is 2.42. The van der Waals surface area contributed by atoms with Gasteiger partial charge in [0.2, 0.25) is 0 Å². The Bertz CT molecular complexity index is 376. The van der Waals surface area contributed by atoms with E-state index in [0.29, 0.717) is 0 Å². The lowest BCUT2D eigenvalue weighted by molar-refractivity contribution is 1.12. The van der Waals surface area contributed by atoms with Crippen molar-refractivity contribution in [1.82, 2.24) is 0 Å². The maximum Gasteiger partial charge on any atom is 0.0320 e. The Morgan fingerprint density at radius 3 is 2.55 bits per heavy atom. The van der Waals surface area contributed by atoms with Crippen molar-refractivity contribution in [3.05, 3.63) is 28.6 Å². The summed E-state index contributed by atoms with van der Waals surface area (Å²) < 4.78 is 0. The summed E-state index contributed by atoms with van der Waals surface area (Å²) >= 11 is 0. The van der Waals surface area contributed by atoms with Crippen LogP contribution in [0.25, 0.3) is 12.2 Å². The molecule has 0 unspecified atom stereocenters. The van der Waals surface area contributed by atoms with Crippen LogP contribution in [-0.4, -0.2) is 0 Å². The summed E-state index contributed by atoms with van der Waals surface area (Å²) in [6.45, 7) is 0. The van der Waals surface area contributed by atoms with Crippen LogP contribution < -0.4 is 16.2 Å². The highest BCUT2D eigenvalue weighted by Gasteiger charge is 1.92. The molecule has 1 aromatic carbocycles. The lowest BCUT2D eigenvalue weighted by Crippen LogP contribution is -2.26. The summed E-state index contributed by atoms with van der Waals surface area (Å²) in [6.07, 6.45) is 6.81. The summed E-state index contributed by atoms with van der Waals surface area (Å²) in [6, 6.07) is 6.07. The first-order valence-corrected chi connectivity index (χ1v) is 3.92. The molecule has 0 saturated carbocycles. The zero-order valence-electron chi connectivity index (χ0n) is 6.38. The zero-order chi connectivity index (χ0) is 7.68. The molecule has 0 saturated heterocycles. The number of nitrogen functional groups attached to an aromatic ring is 1. The average molecular weight is 145 g/mol. The monoisotopic (exact) mass is 145 g/mol. The standard InChI is InChI=1S/C10H11N/c11-10-6-5-8-3-1-2-4-9(8)7-10/h3-7H,1-2,11H2. The van der Waals surface area contributed by atoms with Crippen molar-refractivity contribution in [2.24, 2.45) is 0 Å². The van der Waals surface area contributed by atoms with E-state index in [2.05, 4.69) is 18.2 Å². The van der Waals surface area contributed by atoms with E-state index in [4.69, 9.17) is 5.73 Å². The molecule has 11 heavy (non-hydrogen) atoms. The SMILES string of the molecule is Nc1ccc2c(c1)=CCCC=2. The van der Waals surface area contributed by atoms with Crippen molar-refractivity contribution in [1.29, 1.82) is 0 Å². The van der Waals surface area contributed by atoms with Gasteiger partial charge in [-0.25, -0.2) is 0 Å². The van der Waals surface area contributed by atoms with Crippen molar-refractivity contribution in [2.75, 3.05) is 5.73 Å². The number of anilines is 1. The highest BCUT2D eigenvalue weighted by Crippen LogP contribution is 1.97. The molecule has 0 bridgehead atoms. The number of rotatable bonds is 0. The molecule has 2 N–H and O–H groups in total. The lowest BCUT2D eigenvalue weighted by Gasteiger charge is -1.99. The molecule has 0 aliphatic heterocycles. The van der Waals surface area contributed by atoms with Gasteiger partial charge in [-0.1, -0.05) is 18.2 Å². The summed E-state index contributed by atoms with van der Waals surface area (Å²) in [7, 11) is 0. The van der Waals surface area contributed by atoms with Gasteiger partial charge in [0.15, 0.2) is 0 Å². The molecule has 56 valence electrons. The highest BCUT2D eigenvalue weighted by molar-refractivity contribution is 5.45. The molecule has 0 atom stereocenters. The fourth-order valence-electron chi connectivity index (χ4n) is 1.43. The van der Waals surface area contributed by atoms with E-state index in [1.54, 1.807) is 0 Å². The third-order valence-corrected chi connectivity index (χ3v) is 2.01. The number of hydrogen-bond acceptors (Lipinski definition) is 1. The van der Waals surface area contributed by atoms with Crippen LogP contribution in [0.2, 0.25) is 0 Å². The lowest BCUT2D eigenvalue weighted by atomic mass is 10.1. The minimum absolute atomic E-state index is 0.857. The van der Waals surface area contributed by atoms with Crippen LogP contribution in [0.15, 0.2) is 18.2 Å². The second-order valence-corrected chi connectivity index (χ2v) is 2.87. The Hall–Kier alpha value is -1.24. The van der Waals surface area contributed by atoms with E-state index in [1.807, 2.05) is 12.1 Å². The Balaban J connectivity index is 2.80. The van der Waals surface area contributed by atoms with E-state index in [1.165, 1.54) is 10.4 Å². The fourth-order valence-corrected chi connectivity index (χ4v) is 1.43. The topological polar surface area (TPSA) is 26.0 Å². The van der Waals surface area contributed by atoms with Crippen LogP contribution in [-0.2, 0) is 0 Å². The molecule has 1 heteroatoms. The maximum absolute atomic E-state index is 5.65. The van der Waals surface area contributed by atoms with Gasteiger partial charge in [-0.05, 0) is 35.4 Å². The highest BCUT2D eigenvalue weighted by atomic mass is 14.5. The van der Waals surface area contributed by atoms with Crippen molar-refractivity contribution >= 4 is 17.8 Å². The first kappa shape index (κ1) is 6.47. The minimum Gasteiger partial charge on any atom is -0.399 e. The van der Waals surface area contributed by atoms with Crippen LogP contribution in [0.5, 0.6) is 0 Å². The molecule has 1 aromatic rings. The van der Waals surface area contributed by atoms with Crippen LogP contribution in [0, 0.1) is 0 Å². The molecule has 0 aromatic heterocycles. The van der Waals surface area contributed by atoms with Gasteiger partial charge in [0.1, 0.15) is 0 Å². The third kappa shape index (κ3) is 1.14. The van der Waals surface area contributed by atoms with Crippen LogP contribution in [0.4, 0.5) is 5.69 Å². The van der Waals surface area contributed by atoms with Gasteiger partial charge >= 0.3 is 0 Å². The number of fused-ring (bicyclic) bond motifs is 1. The average Bonchev–Trinajstić information content (AvgIpc) is 2.04. The van der Waals surface area contributed by atoms with E-state index in [-0.39, 0.29) is 0 Å². The third-order valence-electron chi connectivity index (χ3n) is 2.01. The van der Waals surface area contributed by atoms with Crippen LogP contribution >= 0.6 is 0 Å². The van der Waals surface area contributed by atoms with Gasteiger partial charge in [-0.3, -0.25) is 0 Å². The molecule has 2 rings (SSSR count). The van der Waals surface area contributed by atoms with Gasteiger partial charge in [0.25, 0.3) is 0 Å². The number of nitrogens with two attached hydrogens (primary N) is 1. The van der Waals surface area contributed by atoms with Gasteiger partial charge in [0, 0.05) is 5.69 Å². The zero-order valence-corrected chi connectivity index (χ0v) is 6.38. The molecule has 0 radical (unpaired) electrons. The normalized spacial score (nSPS) is 14.5. The quantitative estimate of drug-likeness (QED) is 0.532. The maximum atomic E-state index is 5.65. The molecule has 1 aliphatic rings. The molecule has 1 aliphatic carbocycles. The van der Waals surface area contributed by atoms with Gasteiger partial charge in [-0.2, -0.15) is 0 Å². The van der Waals surface area contributed by atoms with E-state index < -0.39 is 0 Å². The molecular formula is C10H11N. The van der Waals surface area contributed by atoms with Gasteiger partial charge in [0.05, 0.1) is 0 Å². The summed E-state index contributed by atoms with van der Waals surface area (Å²) in [4.78, 5) is 0. The molecule has 1 nitrogen and oxygen atoms in total. The first-order chi connectivity index (χ1) is 5.36. The van der Waals surface area contributed by atoms with Crippen molar-refractivity contribution in [2.45, 2.75) is 12.8 Å². The predicted molar refractivity (Wildman–Crippen MR) is 48.3 cm³/mol. The Morgan fingerprint density at radius 2 is 1.73 bits per heavy atom. The summed E-state index contributed by atoms with van der Waals surface area (Å²) in [5, 5.41) is 2.61. The molecule has 0 heterocycles. The van der Waals surface area contributed by atoms with Crippen molar-refractivity contribution < 1.29 is 0 Å². The number of hydrogen-bond donors (Lipinski definition) is 1. The molecular weight excluding hydrogens is 134 g/mol. The first-order valence-electron chi connectivity index (χ1n) is 3.92. The second-order valence-electron chi connectivity index (χ2n) is 2.87. The van der Waals surface area contributed by atoms with Crippen LogP contribution in [0.3, 0.4) is 0 Å². The Kier molecular flexibility index (Phi) is 1.42. The number of benzene rings is 1. The summed E-state index contributed by atoms with van der Waals surface area (Å²) in [5.74, 6) is 0. The molecule has 0 amide bonds. The van der Waals surface area contributed by atoms with Crippen molar-refractivity contribution in [3.8, 4) is 0 Å². The molecule has 0 spiro atoms. The smallest absolute Gasteiger partial charge is 0.0320 e. The molecule has 0 fully saturated rings. The Labute approximate surface area is 65.8 Å². The predicted octanol–water partition coefficient (Wildman–Crippen LogP) is 0.624. The van der Waals surface area contributed by atoms with E-state index in [9.17, 15) is 0 Å².